The van der Waals surface area contributed by atoms with E-state index in [1.807, 2.05) is 37.3 Å². The highest BCUT2D eigenvalue weighted by atomic mass is 79.9. The van der Waals surface area contributed by atoms with E-state index in [4.69, 9.17) is 0 Å². The highest BCUT2D eigenvalue weighted by Gasteiger charge is 2.34. The zero-order valence-corrected chi connectivity index (χ0v) is 19.0. The summed E-state index contributed by atoms with van der Waals surface area (Å²) in [6.07, 6.45) is 4.66. The minimum Gasteiger partial charge on any atom is -0.348 e. The van der Waals surface area contributed by atoms with Gasteiger partial charge in [0.05, 0.1) is 17.5 Å². The third-order valence-electron chi connectivity index (χ3n) is 5.38. The number of carbonyl (C=O) groups excluding carboxylic acids is 1. The standard InChI is InChI=1S/C22H27BrN2O3S/c1-17(18-8-4-2-5-9-18)24-22(26)16-25(20-10-6-3-7-11-20)29(27,28)21-14-12-19(23)13-15-21/h2,4-5,8-9,12-15,17,20H,3,6-7,10-11,16H2,1H3,(H,24,26)/t17-/m1/s1. The van der Waals surface area contributed by atoms with Crippen molar-refractivity contribution in [2.75, 3.05) is 6.54 Å². The van der Waals surface area contributed by atoms with Gasteiger partial charge >= 0.3 is 0 Å². The Bertz CT molecular complexity index is 911. The van der Waals surface area contributed by atoms with Crippen molar-refractivity contribution in [3.05, 3.63) is 64.6 Å². The molecule has 29 heavy (non-hydrogen) atoms. The van der Waals surface area contributed by atoms with Crippen LogP contribution in [0.15, 0.2) is 64.0 Å². The molecule has 0 spiro atoms. The Balaban J connectivity index is 1.80. The first-order chi connectivity index (χ1) is 13.9. The number of nitrogens with one attached hydrogen (secondary N) is 1. The van der Waals surface area contributed by atoms with Gasteiger partial charge in [0.1, 0.15) is 0 Å². The molecule has 1 amide bonds. The molecular formula is C22H27BrN2O3S. The smallest absolute Gasteiger partial charge is 0.243 e. The van der Waals surface area contributed by atoms with Crippen LogP contribution in [0.5, 0.6) is 0 Å². The van der Waals surface area contributed by atoms with Gasteiger partial charge < -0.3 is 5.32 Å². The Kier molecular flexibility index (Phi) is 7.49. The first-order valence-electron chi connectivity index (χ1n) is 9.99. The molecule has 3 rings (SSSR count). The normalized spacial score (nSPS) is 16.5. The molecule has 2 aromatic rings. The van der Waals surface area contributed by atoms with Crippen molar-refractivity contribution in [1.82, 2.24) is 9.62 Å². The highest BCUT2D eigenvalue weighted by molar-refractivity contribution is 9.10. The van der Waals surface area contributed by atoms with Crippen LogP contribution < -0.4 is 5.32 Å². The van der Waals surface area contributed by atoms with Crippen LogP contribution in [0.1, 0.15) is 50.6 Å². The Morgan fingerprint density at radius 2 is 1.69 bits per heavy atom. The molecule has 2 aromatic carbocycles. The molecule has 1 aliphatic rings. The number of nitrogens with zero attached hydrogens (tertiary/aromatic N) is 1. The lowest BCUT2D eigenvalue weighted by atomic mass is 9.95. The number of hydrogen-bond donors (Lipinski definition) is 1. The molecule has 1 saturated carbocycles. The Labute approximate surface area is 181 Å². The second-order valence-corrected chi connectivity index (χ2v) is 10.3. The van der Waals surface area contributed by atoms with Crippen molar-refractivity contribution in [2.45, 2.75) is 56.0 Å². The predicted octanol–water partition coefficient (Wildman–Crippen LogP) is 4.65. The monoisotopic (exact) mass is 478 g/mol. The van der Waals surface area contributed by atoms with Crippen molar-refractivity contribution in [1.29, 1.82) is 0 Å². The third kappa shape index (κ3) is 5.68. The van der Waals surface area contributed by atoms with E-state index in [0.29, 0.717) is 0 Å². The molecule has 0 aromatic heterocycles. The fourth-order valence-electron chi connectivity index (χ4n) is 3.78. The summed E-state index contributed by atoms with van der Waals surface area (Å²) in [5.41, 5.74) is 0.987. The van der Waals surface area contributed by atoms with E-state index < -0.39 is 10.0 Å². The summed E-state index contributed by atoms with van der Waals surface area (Å²) in [7, 11) is -3.76. The molecule has 1 aliphatic carbocycles. The number of hydrogen-bond acceptors (Lipinski definition) is 3. The van der Waals surface area contributed by atoms with Crippen LogP contribution in [-0.4, -0.2) is 31.2 Å². The fourth-order valence-corrected chi connectivity index (χ4v) is 5.68. The van der Waals surface area contributed by atoms with E-state index in [9.17, 15) is 13.2 Å². The van der Waals surface area contributed by atoms with Crippen molar-refractivity contribution < 1.29 is 13.2 Å². The summed E-state index contributed by atoms with van der Waals surface area (Å²) >= 11 is 3.34. The van der Waals surface area contributed by atoms with Gasteiger partial charge in [-0.3, -0.25) is 4.79 Å². The van der Waals surface area contributed by atoms with Gasteiger partial charge in [-0.25, -0.2) is 8.42 Å². The van der Waals surface area contributed by atoms with E-state index in [2.05, 4.69) is 21.2 Å². The number of halogens is 1. The molecule has 1 N–H and O–H groups in total. The van der Waals surface area contributed by atoms with Crippen LogP contribution >= 0.6 is 15.9 Å². The molecule has 0 bridgehead atoms. The Hall–Kier alpha value is -1.70. The van der Waals surface area contributed by atoms with Crippen molar-refractivity contribution in [3.63, 3.8) is 0 Å². The van der Waals surface area contributed by atoms with Crippen LogP contribution in [0.4, 0.5) is 0 Å². The van der Waals surface area contributed by atoms with Crippen LogP contribution in [0.3, 0.4) is 0 Å². The average Bonchev–Trinajstić information content (AvgIpc) is 2.73. The number of rotatable bonds is 7. The molecule has 1 atom stereocenters. The molecule has 5 nitrogen and oxygen atoms in total. The molecule has 156 valence electrons. The quantitative estimate of drug-likeness (QED) is 0.629. The predicted molar refractivity (Wildman–Crippen MR) is 118 cm³/mol. The molecule has 0 saturated heterocycles. The van der Waals surface area contributed by atoms with Crippen LogP contribution in [-0.2, 0) is 14.8 Å². The zero-order chi connectivity index (χ0) is 20.9. The van der Waals surface area contributed by atoms with Crippen LogP contribution in [0.25, 0.3) is 0 Å². The van der Waals surface area contributed by atoms with Gasteiger partial charge in [0, 0.05) is 10.5 Å². The number of carbonyl (C=O) groups is 1. The summed E-state index contributed by atoms with van der Waals surface area (Å²) < 4.78 is 28.9. The number of amides is 1. The largest absolute Gasteiger partial charge is 0.348 e. The molecule has 0 unspecified atom stereocenters. The SMILES string of the molecule is C[C@@H](NC(=O)CN(C1CCCCC1)S(=O)(=O)c1ccc(Br)cc1)c1ccccc1. The van der Waals surface area contributed by atoms with E-state index >= 15 is 0 Å². The van der Waals surface area contributed by atoms with Gasteiger partial charge in [0.2, 0.25) is 15.9 Å². The van der Waals surface area contributed by atoms with Crippen molar-refractivity contribution in [2.24, 2.45) is 0 Å². The number of benzene rings is 2. The van der Waals surface area contributed by atoms with E-state index in [0.717, 1.165) is 42.1 Å². The molecule has 1 fully saturated rings. The van der Waals surface area contributed by atoms with Gasteiger partial charge in [0.15, 0.2) is 0 Å². The summed E-state index contributed by atoms with van der Waals surface area (Å²) in [5.74, 6) is -0.285. The molecule has 0 heterocycles. The first-order valence-corrected chi connectivity index (χ1v) is 12.2. The summed E-state index contributed by atoms with van der Waals surface area (Å²) in [6.45, 7) is 1.74. The lowest BCUT2D eigenvalue weighted by molar-refractivity contribution is -0.122. The topological polar surface area (TPSA) is 66.5 Å². The van der Waals surface area contributed by atoms with E-state index in [1.54, 1.807) is 24.3 Å². The third-order valence-corrected chi connectivity index (χ3v) is 7.82. The van der Waals surface area contributed by atoms with Gasteiger partial charge in [-0.05, 0) is 49.6 Å². The molecule has 0 radical (unpaired) electrons. The molecule has 7 heteroatoms. The maximum atomic E-state index is 13.4. The maximum Gasteiger partial charge on any atom is 0.243 e. The number of sulfonamides is 1. The summed E-state index contributed by atoms with van der Waals surface area (Å²) in [4.78, 5) is 13.0. The lowest BCUT2D eigenvalue weighted by Gasteiger charge is -2.33. The average molecular weight is 479 g/mol. The minimum absolute atomic E-state index is 0.143. The van der Waals surface area contributed by atoms with Crippen LogP contribution in [0.2, 0.25) is 0 Å². The van der Waals surface area contributed by atoms with Crippen LogP contribution in [0, 0.1) is 0 Å². The van der Waals surface area contributed by atoms with Gasteiger partial charge in [-0.15, -0.1) is 0 Å². The second kappa shape index (κ2) is 9.87. The van der Waals surface area contributed by atoms with Crippen molar-refractivity contribution in [3.8, 4) is 0 Å². The first kappa shape index (κ1) is 22.0. The van der Waals surface area contributed by atoms with Gasteiger partial charge in [-0.2, -0.15) is 4.31 Å². The second-order valence-electron chi connectivity index (χ2n) is 7.50. The molecular weight excluding hydrogens is 452 g/mol. The summed E-state index contributed by atoms with van der Waals surface area (Å²) in [6, 6.07) is 15.9. The van der Waals surface area contributed by atoms with Crippen molar-refractivity contribution >= 4 is 31.9 Å². The minimum atomic E-state index is -3.76. The molecule has 0 aliphatic heterocycles. The Morgan fingerprint density at radius 1 is 1.07 bits per heavy atom. The fraction of sp³-hybridized carbons (Fsp3) is 0.409. The lowest BCUT2D eigenvalue weighted by Crippen LogP contribution is -2.47. The Morgan fingerprint density at radius 3 is 2.31 bits per heavy atom. The summed E-state index contributed by atoms with van der Waals surface area (Å²) in [5, 5.41) is 2.95. The van der Waals surface area contributed by atoms with E-state index in [-0.39, 0.29) is 29.4 Å². The van der Waals surface area contributed by atoms with E-state index in [1.165, 1.54) is 4.31 Å². The van der Waals surface area contributed by atoms with Gasteiger partial charge in [0.25, 0.3) is 0 Å². The zero-order valence-electron chi connectivity index (χ0n) is 16.6. The van der Waals surface area contributed by atoms with Gasteiger partial charge in [-0.1, -0.05) is 65.5 Å². The highest BCUT2D eigenvalue weighted by Crippen LogP contribution is 2.28. The maximum absolute atomic E-state index is 13.4.